The average Bonchev–Trinajstić information content (AvgIpc) is 2.19. The zero-order chi connectivity index (χ0) is 13.1. The number of carboxylic acids is 1. The van der Waals surface area contributed by atoms with Crippen molar-refractivity contribution in [2.24, 2.45) is 5.92 Å². The Morgan fingerprint density at radius 2 is 2.06 bits per heavy atom. The van der Waals surface area contributed by atoms with Crippen LogP contribution in [0.25, 0.3) is 0 Å². The molecule has 17 heavy (non-hydrogen) atoms. The summed E-state index contributed by atoms with van der Waals surface area (Å²) >= 11 is 0. The zero-order valence-electron chi connectivity index (χ0n) is 10.5. The molecule has 0 spiro atoms. The Morgan fingerprint density at radius 1 is 1.47 bits per heavy atom. The van der Waals surface area contributed by atoms with Crippen molar-refractivity contribution in [1.82, 2.24) is 10.2 Å². The highest BCUT2D eigenvalue weighted by molar-refractivity contribution is 5.75. The molecule has 2 amide bonds. The number of nitrogens with one attached hydrogen (secondary N) is 1. The van der Waals surface area contributed by atoms with Crippen LogP contribution in [-0.2, 0) is 9.53 Å². The van der Waals surface area contributed by atoms with Gasteiger partial charge in [0.1, 0.15) is 0 Å². The van der Waals surface area contributed by atoms with E-state index in [0.717, 1.165) is 0 Å². The molecule has 1 saturated heterocycles. The number of hydrogen-bond acceptors (Lipinski definition) is 3. The quantitative estimate of drug-likeness (QED) is 0.739. The highest BCUT2D eigenvalue weighted by Crippen LogP contribution is 2.18. The summed E-state index contributed by atoms with van der Waals surface area (Å²) in [6.45, 7) is 5.24. The number of likely N-dealkylation sites (tertiary alicyclic amines) is 1. The van der Waals surface area contributed by atoms with Crippen molar-refractivity contribution in [1.29, 1.82) is 0 Å². The Labute approximate surface area is 101 Å². The van der Waals surface area contributed by atoms with Crippen molar-refractivity contribution < 1.29 is 19.4 Å². The van der Waals surface area contributed by atoms with Crippen LogP contribution in [0.4, 0.5) is 4.79 Å². The Kier molecular flexibility index (Phi) is 4.34. The van der Waals surface area contributed by atoms with Gasteiger partial charge in [0, 0.05) is 32.7 Å². The number of carbonyl (C=O) groups excluding carboxylic acids is 1. The van der Waals surface area contributed by atoms with Gasteiger partial charge < -0.3 is 20.1 Å². The number of urea groups is 1. The summed E-state index contributed by atoms with van der Waals surface area (Å²) in [5.74, 6) is -0.718. The molecule has 0 unspecified atom stereocenters. The summed E-state index contributed by atoms with van der Waals surface area (Å²) in [4.78, 5) is 23.7. The van der Waals surface area contributed by atoms with Crippen LogP contribution in [0.3, 0.4) is 0 Å². The number of amides is 2. The van der Waals surface area contributed by atoms with Gasteiger partial charge in [0.2, 0.25) is 0 Å². The highest BCUT2D eigenvalue weighted by atomic mass is 16.5. The lowest BCUT2D eigenvalue weighted by Gasteiger charge is -2.39. The van der Waals surface area contributed by atoms with Gasteiger partial charge in [-0.2, -0.15) is 0 Å². The molecule has 0 aromatic heterocycles. The average molecular weight is 244 g/mol. The number of rotatable bonds is 5. The lowest BCUT2D eigenvalue weighted by molar-refractivity contribution is -0.139. The minimum absolute atomic E-state index is 0.0914. The predicted molar refractivity (Wildman–Crippen MR) is 61.8 cm³/mol. The molecule has 1 fully saturated rings. The van der Waals surface area contributed by atoms with Crippen molar-refractivity contribution in [3.8, 4) is 0 Å². The van der Waals surface area contributed by atoms with Gasteiger partial charge in [-0.05, 0) is 13.8 Å². The van der Waals surface area contributed by atoms with Crippen LogP contribution in [0.5, 0.6) is 0 Å². The van der Waals surface area contributed by atoms with E-state index in [9.17, 15) is 9.59 Å². The molecule has 98 valence electrons. The summed E-state index contributed by atoms with van der Waals surface area (Å²) < 4.78 is 5.18. The Balaban J connectivity index is 2.21. The van der Waals surface area contributed by atoms with Gasteiger partial charge >= 0.3 is 12.0 Å². The van der Waals surface area contributed by atoms with Crippen LogP contribution in [0, 0.1) is 5.92 Å². The number of hydrogen-bond donors (Lipinski definition) is 2. The molecular weight excluding hydrogens is 224 g/mol. The molecule has 0 radical (unpaired) electrons. The SMILES string of the molecule is COC(C)(C)CNC(=O)N1CC(CC(=O)O)C1. The largest absolute Gasteiger partial charge is 0.481 e. The third-order valence-corrected chi connectivity index (χ3v) is 2.93. The number of carbonyl (C=O) groups is 2. The van der Waals surface area contributed by atoms with E-state index >= 15 is 0 Å². The number of aliphatic carboxylic acids is 1. The second kappa shape index (κ2) is 5.35. The molecule has 0 atom stereocenters. The van der Waals surface area contributed by atoms with Crippen LogP contribution in [0.1, 0.15) is 20.3 Å². The van der Waals surface area contributed by atoms with Crippen molar-refractivity contribution >= 4 is 12.0 Å². The van der Waals surface area contributed by atoms with Crippen molar-refractivity contribution in [2.75, 3.05) is 26.7 Å². The Morgan fingerprint density at radius 3 is 2.53 bits per heavy atom. The summed E-state index contributed by atoms with van der Waals surface area (Å²) in [5, 5.41) is 11.3. The maximum atomic E-state index is 11.6. The first-order valence-electron chi connectivity index (χ1n) is 5.64. The zero-order valence-corrected chi connectivity index (χ0v) is 10.5. The van der Waals surface area contributed by atoms with Gasteiger partial charge in [-0.25, -0.2) is 4.79 Å². The fourth-order valence-corrected chi connectivity index (χ4v) is 1.58. The third kappa shape index (κ3) is 4.22. The minimum atomic E-state index is -0.810. The van der Waals surface area contributed by atoms with E-state index in [2.05, 4.69) is 5.32 Å². The van der Waals surface area contributed by atoms with Crippen LogP contribution >= 0.6 is 0 Å². The number of methoxy groups -OCH3 is 1. The smallest absolute Gasteiger partial charge is 0.317 e. The number of carboxylic acid groups (broad SMARTS) is 1. The minimum Gasteiger partial charge on any atom is -0.481 e. The van der Waals surface area contributed by atoms with E-state index in [1.807, 2.05) is 13.8 Å². The van der Waals surface area contributed by atoms with Gasteiger partial charge in [-0.15, -0.1) is 0 Å². The molecular formula is C11H20N2O4. The third-order valence-electron chi connectivity index (χ3n) is 2.93. The van der Waals surface area contributed by atoms with Crippen LogP contribution in [0.2, 0.25) is 0 Å². The summed E-state index contributed by atoms with van der Waals surface area (Å²) in [5.41, 5.74) is -0.388. The monoisotopic (exact) mass is 244 g/mol. The summed E-state index contributed by atoms with van der Waals surface area (Å²) in [6.07, 6.45) is 0.132. The normalized spacial score (nSPS) is 16.5. The lowest BCUT2D eigenvalue weighted by atomic mass is 9.97. The van der Waals surface area contributed by atoms with Crippen LogP contribution in [-0.4, -0.2) is 54.4 Å². The first-order valence-corrected chi connectivity index (χ1v) is 5.64. The molecule has 6 nitrogen and oxygen atoms in total. The second-order valence-electron chi connectivity index (χ2n) is 4.99. The van der Waals surface area contributed by atoms with Gasteiger partial charge in [0.15, 0.2) is 0 Å². The maximum Gasteiger partial charge on any atom is 0.317 e. The molecule has 1 aliphatic heterocycles. The Hall–Kier alpha value is -1.30. The number of nitrogens with zero attached hydrogens (tertiary/aromatic N) is 1. The molecule has 6 heteroatoms. The van der Waals surface area contributed by atoms with E-state index in [0.29, 0.717) is 19.6 Å². The maximum absolute atomic E-state index is 11.6. The molecule has 1 heterocycles. The molecule has 0 saturated carbocycles. The standard InChI is InChI=1S/C11H20N2O4/c1-11(2,17-3)7-12-10(16)13-5-8(6-13)4-9(14)15/h8H,4-7H2,1-3H3,(H,12,16)(H,14,15). The highest BCUT2D eigenvalue weighted by Gasteiger charge is 2.32. The van der Waals surface area contributed by atoms with E-state index < -0.39 is 5.97 Å². The molecule has 2 N–H and O–H groups in total. The predicted octanol–water partition coefficient (Wildman–Crippen LogP) is 0.527. The second-order valence-corrected chi connectivity index (χ2v) is 4.99. The molecule has 0 bridgehead atoms. The summed E-state index contributed by atoms with van der Waals surface area (Å²) in [6, 6.07) is -0.156. The first-order chi connectivity index (χ1) is 7.84. The van der Waals surface area contributed by atoms with Crippen molar-refractivity contribution in [3.05, 3.63) is 0 Å². The fourth-order valence-electron chi connectivity index (χ4n) is 1.58. The van der Waals surface area contributed by atoms with Crippen LogP contribution < -0.4 is 5.32 Å². The van der Waals surface area contributed by atoms with Gasteiger partial charge in [0.25, 0.3) is 0 Å². The Bertz CT molecular complexity index is 298. The fraction of sp³-hybridized carbons (Fsp3) is 0.818. The first kappa shape index (κ1) is 13.8. The van der Waals surface area contributed by atoms with E-state index in [1.165, 1.54) is 0 Å². The van der Waals surface area contributed by atoms with Crippen molar-refractivity contribution in [3.63, 3.8) is 0 Å². The van der Waals surface area contributed by atoms with E-state index in [4.69, 9.17) is 9.84 Å². The van der Waals surface area contributed by atoms with E-state index in [-0.39, 0.29) is 24.0 Å². The van der Waals surface area contributed by atoms with Gasteiger partial charge in [-0.3, -0.25) is 4.79 Å². The van der Waals surface area contributed by atoms with Crippen molar-refractivity contribution in [2.45, 2.75) is 25.9 Å². The topological polar surface area (TPSA) is 78.9 Å². The molecule has 0 aliphatic carbocycles. The number of ether oxygens (including phenoxy) is 1. The van der Waals surface area contributed by atoms with Gasteiger partial charge in [-0.1, -0.05) is 0 Å². The molecule has 0 aromatic rings. The molecule has 1 rings (SSSR count). The molecule has 0 aromatic carbocycles. The van der Waals surface area contributed by atoms with Gasteiger partial charge in [0.05, 0.1) is 12.0 Å². The summed E-state index contributed by atoms with van der Waals surface area (Å²) in [7, 11) is 1.60. The van der Waals surface area contributed by atoms with Crippen LogP contribution in [0.15, 0.2) is 0 Å². The molecule has 1 aliphatic rings. The van der Waals surface area contributed by atoms with E-state index in [1.54, 1.807) is 12.0 Å². The lowest BCUT2D eigenvalue weighted by Crippen LogP contribution is -2.55.